The molecule has 0 saturated carbocycles. The lowest BCUT2D eigenvalue weighted by atomic mass is 10.2. The summed E-state index contributed by atoms with van der Waals surface area (Å²) < 4.78 is 5.85. The first-order valence-electron chi connectivity index (χ1n) is 3.58. The van der Waals surface area contributed by atoms with Crippen molar-refractivity contribution in [3.8, 4) is 5.75 Å². The Hall–Kier alpha value is -1.29. The number of rotatable bonds is 0. The second kappa shape index (κ2) is 2.88. The second-order valence-corrected chi connectivity index (χ2v) is 3.51. The van der Waals surface area contributed by atoms with Crippen molar-refractivity contribution in [1.82, 2.24) is 0 Å². The lowest BCUT2D eigenvalue weighted by molar-refractivity contribution is 0.442. The Morgan fingerprint density at radius 1 is 1.38 bits per heavy atom. The zero-order valence-corrected chi connectivity index (χ0v) is 8.04. The molecule has 0 saturated heterocycles. The molecular formula is C9H5BrO3. The molecule has 1 aromatic heterocycles. The third-order valence-electron chi connectivity index (χ3n) is 1.72. The van der Waals surface area contributed by atoms with Crippen molar-refractivity contribution in [3.63, 3.8) is 0 Å². The largest absolute Gasteiger partial charge is 0.502 e. The minimum Gasteiger partial charge on any atom is -0.502 e. The van der Waals surface area contributed by atoms with Gasteiger partial charge in [0.15, 0.2) is 5.75 Å². The summed E-state index contributed by atoms with van der Waals surface area (Å²) in [6.45, 7) is 0. The normalized spacial score (nSPS) is 10.5. The van der Waals surface area contributed by atoms with E-state index in [1.54, 1.807) is 18.2 Å². The zero-order valence-electron chi connectivity index (χ0n) is 6.45. The lowest BCUT2D eigenvalue weighted by Crippen LogP contribution is -1.99. The van der Waals surface area contributed by atoms with Gasteiger partial charge in [-0.3, -0.25) is 4.79 Å². The third kappa shape index (κ3) is 1.33. The number of benzene rings is 1. The van der Waals surface area contributed by atoms with Crippen molar-refractivity contribution in [2.45, 2.75) is 0 Å². The molecule has 1 heterocycles. The van der Waals surface area contributed by atoms with E-state index >= 15 is 0 Å². The van der Waals surface area contributed by atoms with Crippen LogP contribution in [-0.2, 0) is 0 Å². The van der Waals surface area contributed by atoms with Gasteiger partial charge in [-0.1, -0.05) is 15.9 Å². The van der Waals surface area contributed by atoms with E-state index in [0.29, 0.717) is 11.0 Å². The van der Waals surface area contributed by atoms with Gasteiger partial charge in [-0.25, -0.2) is 0 Å². The van der Waals surface area contributed by atoms with Crippen LogP contribution in [0.4, 0.5) is 0 Å². The van der Waals surface area contributed by atoms with Crippen LogP contribution in [0.15, 0.2) is 38.1 Å². The monoisotopic (exact) mass is 240 g/mol. The molecule has 0 unspecified atom stereocenters. The van der Waals surface area contributed by atoms with E-state index in [1.165, 1.54) is 0 Å². The highest BCUT2D eigenvalue weighted by atomic mass is 79.9. The Labute approximate surface area is 81.7 Å². The van der Waals surface area contributed by atoms with Crippen LogP contribution in [0, 0.1) is 0 Å². The van der Waals surface area contributed by atoms with Crippen LogP contribution in [0.5, 0.6) is 5.75 Å². The van der Waals surface area contributed by atoms with Gasteiger partial charge in [0.05, 0.1) is 5.39 Å². The van der Waals surface area contributed by atoms with E-state index < -0.39 is 5.43 Å². The van der Waals surface area contributed by atoms with Crippen molar-refractivity contribution in [2.24, 2.45) is 0 Å². The van der Waals surface area contributed by atoms with E-state index in [2.05, 4.69) is 15.9 Å². The Morgan fingerprint density at radius 2 is 2.15 bits per heavy atom. The van der Waals surface area contributed by atoms with E-state index in [9.17, 15) is 4.79 Å². The summed E-state index contributed by atoms with van der Waals surface area (Å²) >= 11 is 3.25. The predicted molar refractivity (Wildman–Crippen MR) is 51.8 cm³/mol. The Kier molecular flexibility index (Phi) is 1.84. The van der Waals surface area contributed by atoms with Gasteiger partial charge in [0.1, 0.15) is 11.8 Å². The summed E-state index contributed by atoms with van der Waals surface area (Å²) in [6.07, 6.45) is 1.04. The van der Waals surface area contributed by atoms with Crippen LogP contribution in [-0.4, -0.2) is 5.11 Å². The fourth-order valence-electron chi connectivity index (χ4n) is 1.09. The minimum absolute atomic E-state index is 0.366. The predicted octanol–water partition coefficient (Wildman–Crippen LogP) is 2.26. The molecular weight excluding hydrogens is 236 g/mol. The number of hydrogen-bond acceptors (Lipinski definition) is 3. The highest BCUT2D eigenvalue weighted by Crippen LogP contribution is 2.18. The summed E-state index contributed by atoms with van der Waals surface area (Å²) in [5.74, 6) is -0.366. The Balaban J connectivity index is 2.95. The van der Waals surface area contributed by atoms with E-state index in [4.69, 9.17) is 9.52 Å². The molecule has 0 aliphatic rings. The SMILES string of the molecule is O=c1c(O)coc2cc(Br)ccc12. The molecule has 0 radical (unpaired) electrons. The zero-order chi connectivity index (χ0) is 9.42. The van der Waals surface area contributed by atoms with E-state index in [-0.39, 0.29) is 5.75 Å². The number of aromatic hydroxyl groups is 1. The molecule has 0 bridgehead atoms. The summed E-state index contributed by atoms with van der Waals surface area (Å²) in [6, 6.07) is 5.00. The third-order valence-corrected chi connectivity index (χ3v) is 2.21. The van der Waals surface area contributed by atoms with Crippen molar-refractivity contribution < 1.29 is 9.52 Å². The quantitative estimate of drug-likeness (QED) is 0.769. The maximum atomic E-state index is 11.3. The van der Waals surface area contributed by atoms with Gasteiger partial charge < -0.3 is 9.52 Å². The van der Waals surface area contributed by atoms with Crippen molar-refractivity contribution in [1.29, 1.82) is 0 Å². The van der Waals surface area contributed by atoms with Crippen molar-refractivity contribution >= 4 is 26.9 Å². The maximum Gasteiger partial charge on any atom is 0.234 e. The molecule has 2 aromatic rings. The molecule has 2 rings (SSSR count). The van der Waals surface area contributed by atoms with Gasteiger partial charge in [-0.2, -0.15) is 0 Å². The molecule has 0 aliphatic carbocycles. The summed E-state index contributed by atoms with van der Waals surface area (Å²) in [4.78, 5) is 11.3. The van der Waals surface area contributed by atoms with Crippen LogP contribution in [0.3, 0.4) is 0 Å². The van der Waals surface area contributed by atoms with Gasteiger partial charge in [0.2, 0.25) is 5.43 Å². The molecule has 4 heteroatoms. The molecule has 1 aromatic carbocycles. The first-order valence-corrected chi connectivity index (χ1v) is 4.38. The molecule has 0 atom stereocenters. The Bertz CT molecular complexity index is 516. The van der Waals surface area contributed by atoms with Crippen molar-refractivity contribution in [2.75, 3.05) is 0 Å². The van der Waals surface area contributed by atoms with Gasteiger partial charge in [0, 0.05) is 4.47 Å². The van der Waals surface area contributed by atoms with E-state index in [1.807, 2.05) is 0 Å². The summed E-state index contributed by atoms with van der Waals surface area (Å²) in [5.41, 5.74) is 0.0472. The Morgan fingerprint density at radius 3 is 2.92 bits per heavy atom. The van der Waals surface area contributed by atoms with E-state index in [0.717, 1.165) is 10.7 Å². The van der Waals surface area contributed by atoms with Gasteiger partial charge >= 0.3 is 0 Å². The standard InChI is InChI=1S/C9H5BrO3/c10-5-1-2-6-8(3-5)13-4-7(11)9(6)12/h1-4,11H. The number of halogens is 1. The average molecular weight is 241 g/mol. The molecule has 0 aliphatic heterocycles. The van der Waals surface area contributed by atoms with Crippen LogP contribution in [0.25, 0.3) is 11.0 Å². The average Bonchev–Trinajstić information content (AvgIpc) is 2.12. The molecule has 3 nitrogen and oxygen atoms in total. The molecule has 13 heavy (non-hydrogen) atoms. The summed E-state index contributed by atoms with van der Waals surface area (Å²) in [7, 11) is 0. The van der Waals surface area contributed by atoms with Crippen molar-refractivity contribution in [3.05, 3.63) is 39.2 Å². The van der Waals surface area contributed by atoms with Gasteiger partial charge in [-0.05, 0) is 18.2 Å². The fraction of sp³-hybridized carbons (Fsp3) is 0. The number of hydrogen-bond donors (Lipinski definition) is 1. The second-order valence-electron chi connectivity index (χ2n) is 2.59. The first kappa shape index (κ1) is 8.31. The maximum absolute atomic E-state index is 11.3. The fourth-order valence-corrected chi connectivity index (χ4v) is 1.43. The summed E-state index contributed by atoms with van der Waals surface area (Å²) in [5, 5.41) is 9.45. The molecule has 0 spiro atoms. The number of fused-ring (bicyclic) bond motifs is 1. The van der Waals surface area contributed by atoms with Crippen LogP contribution >= 0.6 is 15.9 Å². The highest BCUT2D eigenvalue weighted by Gasteiger charge is 2.04. The van der Waals surface area contributed by atoms with Crippen LogP contribution < -0.4 is 5.43 Å². The smallest absolute Gasteiger partial charge is 0.234 e. The lowest BCUT2D eigenvalue weighted by Gasteiger charge is -1.96. The molecule has 0 amide bonds. The first-order chi connectivity index (χ1) is 6.18. The molecule has 1 N–H and O–H groups in total. The molecule has 0 fully saturated rings. The minimum atomic E-state index is -0.409. The molecule has 66 valence electrons. The highest BCUT2D eigenvalue weighted by molar-refractivity contribution is 9.10. The van der Waals surface area contributed by atoms with Gasteiger partial charge in [0.25, 0.3) is 0 Å². The van der Waals surface area contributed by atoms with Crippen LogP contribution in [0.2, 0.25) is 0 Å². The van der Waals surface area contributed by atoms with Gasteiger partial charge in [-0.15, -0.1) is 0 Å². The topological polar surface area (TPSA) is 50.4 Å². The van der Waals surface area contributed by atoms with Crippen LogP contribution in [0.1, 0.15) is 0 Å².